The average molecular weight is 417 g/mol. The molecule has 1 aliphatic heterocycles. The summed E-state index contributed by atoms with van der Waals surface area (Å²) in [5.41, 5.74) is 2.89. The predicted molar refractivity (Wildman–Crippen MR) is 119 cm³/mol. The summed E-state index contributed by atoms with van der Waals surface area (Å²) in [6, 6.07) is 19.7. The molecule has 0 saturated carbocycles. The molecule has 3 heterocycles. The normalized spacial score (nSPS) is 16.2. The van der Waals surface area contributed by atoms with Crippen LogP contribution < -0.4 is 10.1 Å². The van der Waals surface area contributed by atoms with Crippen LogP contribution in [0.5, 0.6) is 11.6 Å². The van der Waals surface area contributed by atoms with Crippen LogP contribution in [0.3, 0.4) is 0 Å². The topological polar surface area (TPSA) is 67.3 Å². The Bertz CT molecular complexity index is 1170. The molecule has 2 aromatic carbocycles. The molecule has 2 aromatic heterocycles. The van der Waals surface area contributed by atoms with E-state index in [4.69, 9.17) is 4.74 Å². The number of nitrogens with zero attached hydrogens (tertiary/aromatic N) is 3. The molecule has 1 aliphatic rings. The molecule has 1 atom stereocenters. The summed E-state index contributed by atoms with van der Waals surface area (Å²) in [5.74, 6) is 1.51. The number of ether oxygens (including phenoxy) is 1. The number of carbonyl (C=O) groups excluding carboxylic acids is 1. The molecule has 7 heteroatoms. The van der Waals surface area contributed by atoms with Gasteiger partial charge in [-0.15, -0.1) is 0 Å². The number of likely N-dealkylation sites (N-methyl/N-ethyl adjacent to an activating group) is 1. The van der Waals surface area contributed by atoms with Gasteiger partial charge in [0.15, 0.2) is 5.13 Å². The first-order chi connectivity index (χ1) is 14.7. The lowest BCUT2D eigenvalue weighted by atomic mass is 9.99. The maximum Gasteiger partial charge on any atom is 0.223 e. The number of likely N-dealkylation sites (tertiary alicyclic amines) is 1. The van der Waals surface area contributed by atoms with Crippen molar-refractivity contribution in [1.29, 1.82) is 0 Å². The van der Waals surface area contributed by atoms with Crippen molar-refractivity contribution < 1.29 is 9.53 Å². The number of anilines is 2. The number of fused-ring (bicyclic) bond motifs is 1. The molecule has 1 fully saturated rings. The van der Waals surface area contributed by atoms with Gasteiger partial charge >= 0.3 is 0 Å². The van der Waals surface area contributed by atoms with E-state index in [1.807, 2.05) is 61.6 Å². The van der Waals surface area contributed by atoms with Gasteiger partial charge in [0, 0.05) is 43.4 Å². The van der Waals surface area contributed by atoms with E-state index in [0.717, 1.165) is 26.6 Å². The van der Waals surface area contributed by atoms with Gasteiger partial charge < -0.3 is 15.0 Å². The van der Waals surface area contributed by atoms with Crippen LogP contribution in [0, 0.1) is 0 Å². The minimum atomic E-state index is 0.103. The van der Waals surface area contributed by atoms with E-state index in [2.05, 4.69) is 21.4 Å². The number of para-hydroxylation sites is 1. The number of benzene rings is 2. The Morgan fingerprint density at radius 3 is 2.70 bits per heavy atom. The highest BCUT2D eigenvalue weighted by Gasteiger charge is 2.30. The van der Waals surface area contributed by atoms with Crippen molar-refractivity contribution in [2.75, 3.05) is 18.9 Å². The van der Waals surface area contributed by atoms with Gasteiger partial charge in [0.2, 0.25) is 11.8 Å². The second-order valence-electron chi connectivity index (χ2n) is 7.31. The molecule has 0 bridgehead atoms. The van der Waals surface area contributed by atoms with Crippen molar-refractivity contribution in [1.82, 2.24) is 14.9 Å². The van der Waals surface area contributed by atoms with Crippen molar-refractivity contribution in [3.8, 4) is 11.6 Å². The minimum absolute atomic E-state index is 0.103. The van der Waals surface area contributed by atoms with E-state index in [-0.39, 0.29) is 11.8 Å². The average Bonchev–Trinajstić information content (AvgIpc) is 3.32. The van der Waals surface area contributed by atoms with E-state index in [0.29, 0.717) is 24.6 Å². The highest BCUT2D eigenvalue weighted by molar-refractivity contribution is 7.22. The number of hydrogen-bond acceptors (Lipinski definition) is 6. The lowest BCUT2D eigenvalue weighted by molar-refractivity contribution is -0.126. The van der Waals surface area contributed by atoms with Gasteiger partial charge in [0.1, 0.15) is 5.75 Å². The summed E-state index contributed by atoms with van der Waals surface area (Å²) in [5, 5.41) is 4.20. The fourth-order valence-electron chi connectivity index (χ4n) is 3.64. The molecular weight excluding hydrogens is 396 g/mol. The highest BCUT2D eigenvalue weighted by Crippen LogP contribution is 2.35. The monoisotopic (exact) mass is 416 g/mol. The Kier molecular flexibility index (Phi) is 4.80. The van der Waals surface area contributed by atoms with Crippen molar-refractivity contribution in [3.05, 3.63) is 72.4 Å². The van der Waals surface area contributed by atoms with E-state index in [1.54, 1.807) is 22.4 Å². The zero-order chi connectivity index (χ0) is 20.5. The molecular formula is C23H20N4O2S. The number of thiazole rings is 1. The van der Waals surface area contributed by atoms with Crippen molar-refractivity contribution in [3.63, 3.8) is 0 Å². The van der Waals surface area contributed by atoms with Crippen LogP contribution >= 0.6 is 11.3 Å². The summed E-state index contributed by atoms with van der Waals surface area (Å²) in [4.78, 5) is 22.7. The fourth-order valence-corrected chi connectivity index (χ4v) is 4.52. The van der Waals surface area contributed by atoms with Crippen LogP contribution in [0.2, 0.25) is 0 Å². The number of pyridine rings is 1. The van der Waals surface area contributed by atoms with Gasteiger partial charge in [-0.25, -0.2) is 9.97 Å². The number of rotatable bonds is 5. The lowest BCUT2D eigenvalue weighted by Crippen LogP contribution is -2.18. The predicted octanol–water partition coefficient (Wildman–Crippen LogP) is 5.17. The molecule has 150 valence electrons. The molecule has 4 aromatic rings. The number of nitrogens with one attached hydrogen (secondary N) is 1. The third-order valence-corrected chi connectivity index (χ3v) is 6.15. The molecule has 6 nitrogen and oxygen atoms in total. The van der Waals surface area contributed by atoms with Crippen LogP contribution in [0.4, 0.5) is 10.8 Å². The van der Waals surface area contributed by atoms with Gasteiger partial charge in [-0.3, -0.25) is 4.79 Å². The third-order valence-electron chi connectivity index (χ3n) is 5.20. The summed E-state index contributed by atoms with van der Waals surface area (Å²) in [6.45, 7) is 0.686. The number of hydrogen-bond donors (Lipinski definition) is 1. The lowest BCUT2D eigenvalue weighted by Gasteiger charge is -2.15. The van der Waals surface area contributed by atoms with Gasteiger partial charge in [-0.1, -0.05) is 29.5 Å². The molecule has 1 N–H and O–H groups in total. The Labute approximate surface area is 178 Å². The highest BCUT2D eigenvalue weighted by atomic mass is 32.1. The molecule has 1 saturated heterocycles. The Balaban J connectivity index is 1.31. The smallest absolute Gasteiger partial charge is 0.223 e. The van der Waals surface area contributed by atoms with E-state index in [9.17, 15) is 4.79 Å². The first-order valence-electron chi connectivity index (χ1n) is 9.75. The molecule has 0 unspecified atom stereocenters. The number of aromatic nitrogens is 2. The van der Waals surface area contributed by atoms with E-state index >= 15 is 0 Å². The zero-order valence-electron chi connectivity index (χ0n) is 16.4. The second-order valence-corrected chi connectivity index (χ2v) is 8.34. The van der Waals surface area contributed by atoms with Crippen LogP contribution in [0.15, 0.2) is 66.9 Å². The van der Waals surface area contributed by atoms with Crippen LogP contribution in [-0.2, 0) is 4.79 Å². The van der Waals surface area contributed by atoms with Crippen LogP contribution in [-0.4, -0.2) is 34.4 Å². The van der Waals surface area contributed by atoms with E-state index < -0.39 is 0 Å². The second kappa shape index (κ2) is 7.76. The van der Waals surface area contributed by atoms with Crippen LogP contribution in [0.1, 0.15) is 17.9 Å². The van der Waals surface area contributed by atoms with Crippen molar-refractivity contribution in [2.24, 2.45) is 0 Å². The zero-order valence-corrected chi connectivity index (χ0v) is 17.2. The van der Waals surface area contributed by atoms with Gasteiger partial charge in [-0.05, 0) is 42.5 Å². The number of carbonyl (C=O) groups is 1. The first-order valence-corrected chi connectivity index (χ1v) is 10.6. The molecule has 0 aliphatic carbocycles. The largest absolute Gasteiger partial charge is 0.439 e. The fraction of sp³-hybridized carbons (Fsp3) is 0.174. The quantitative estimate of drug-likeness (QED) is 0.486. The maximum absolute atomic E-state index is 11.9. The summed E-state index contributed by atoms with van der Waals surface area (Å²) < 4.78 is 7.22. The standard InChI is InChI=1S/C23H20N4O2S/c1-27-14-15(13-21(27)28)18-5-4-12-24-22(18)29-17-10-8-16(9-11-17)25-23-26-19-6-2-3-7-20(19)30-23/h2-12,15H,13-14H2,1H3,(H,25,26)/t15-/m0/s1. The Hall–Kier alpha value is -3.45. The SMILES string of the molecule is CN1C[C@@H](c2cccnc2Oc2ccc(Nc3nc4ccccc4s3)cc2)CC1=O. The number of amides is 1. The van der Waals surface area contributed by atoms with Crippen LogP contribution in [0.25, 0.3) is 10.2 Å². The van der Waals surface area contributed by atoms with Gasteiger partial charge in [0.25, 0.3) is 0 Å². The Morgan fingerprint density at radius 2 is 1.93 bits per heavy atom. The Morgan fingerprint density at radius 1 is 1.10 bits per heavy atom. The molecule has 30 heavy (non-hydrogen) atoms. The third kappa shape index (κ3) is 3.71. The summed E-state index contributed by atoms with van der Waals surface area (Å²) in [6.07, 6.45) is 2.20. The minimum Gasteiger partial charge on any atom is -0.439 e. The summed E-state index contributed by atoms with van der Waals surface area (Å²) in [7, 11) is 1.83. The molecule has 1 amide bonds. The van der Waals surface area contributed by atoms with Gasteiger partial charge in [-0.2, -0.15) is 0 Å². The summed E-state index contributed by atoms with van der Waals surface area (Å²) >= 11 is 1.62. The molecule has 0 radical (unpaired) electrons. The first kappa shape index (κ1) is 18.6. The van der Waals surface area contributed by atoms with E-state index in [1.165, 1.54) is 0 Å². The maximum atomic E-state index is 11.9. The van der Waals surface area contributed by atoms with Crippen molar-refractivity contribution >= 4 is 38.3 Å². The molecule has 0 spiro atoms. The molecule has 5 rings (SSSR count). The van der Waals surface area contributed by atoms with Crippen molar-refractivity contribution in [2.45, 2.75) is 12.3 Å². The van der Waals surface area contributed by atoms with Gasteiger partial charge in [0.05, 0.1) is 10.2 Å².